The first-order chi connectivity index (χ1) is 11.3. The van der Waals surface area contributed by atoms with Crippen molar-refractivity contribution in [1.82, 2.24) is 9.80 Å². The van der Waals surface area contributed by atoms with Gasteiger partial charge in [0.15, 0.2) is 0 Å². The smallest absolute Gasteiger partial charge is 0.0153 e. The van der Waals surface area contributed by atoms with E-state index in [-0.39, 0.29) is 0 Å². The summed E-state index contributed by atoms with van der Waals surface area (Å²) in [5, 5.41) is 0. The number of likely N-dealkylation sites (tertiary alicyclic amines) is 2. The molecule has 0 aliphatic carbocycles. The molecular weight excluding hydrogens is 304 g/mol. The van der Waals surface area contributed by atoms with E-state index in [0.29, 0.717) is 16.5 Å². The van der Waals surface area contributed by atoms with Crippen LogP contribution in [0.25, 0.3) is 0 Å². The lowest BCUT2D eigenvalue weighted by Crippen LogP contribution is -2.57. The maximum atomic E-state index is 2.78. The first-order valence-corrected chi connectivity index (χ1v) is 10.8. The zero-order valence-corrected chi connectivity index (χ0v) is 18.8. The van der Waals surface area contributed by atoms with Crippen molar-refractivity contribution in [1.29, 1.82) is 0 Å². The Balaban J connectivity index is 1.75. The van der Waals surface area contributed by atoms with Crippen LogP contribution in [-0.4, -0.2) is 47.1 Å². The number of hydrogen-bond donors (Lipinski definition) is 0. The minimum absolute atomic E-state index is 0.354. The topological polar surface area (TPSA) is 6.48 Å². The zero-order valence-electron chi connectivity index (χ0n) is 18.8. The van der Waals surface area contributed by atoms with Crippen molar-refractivity contribution in [2.75, 3.05) is 26.2 Å². The molecule has 148 valence electrons. The molecule has 0 bridgehead atoms. The van der Waals surface area contributed by atoms with Crippen molar-refractivity contribution in [3.63, 3.8) is 0 Å². The normalized spacial score (nSPS) is 24.4. The standard InChI is InChI=1S/C23H46N2/c1-18(19-16-25(17-19)22(5,6)7)10-13-23(8,9)24-14-11-20(12-15-24)21(2,3)4/h18-20H,10-17H2,1-9H3. The van der Waals surface area contributed by atoms with Crippen molar-refractivity contribution < 1.29 is 0 Å². The van der Waals surface area contributed by atoms with E-state index in [2.05, 4.69) is 72.1 Å². The molecule has 2 aliphatic heterocycles. The van der Waals surface area contributed by atoms with Crippen LogP contribution in [0.4, 0.5) is 0 Å². The van der Waals surface area contributed by atoms with E-state index in [1.165, 1.54) is 51.9 Å². The molecule has 0 N–H and O–H groups in total. The van der Waals surface area contributed by atoms with Gasteiger partial charge in [0, 0.05) is 24.2 Å². The van der Waals surface area contributed by atoms with Crippen molar-refractivity contribution >= 4 is 0 Å². The fourth-order valence-electron chi connectivity index (χ4n) is 4.75. The van der Waals surface area contributed by atoms with Gasteiger partial charge in [-0.3, -0.25) is 9.80 Å². The lowest BCUT2D eigenvalue weighted by molar-refractivity contribution is -0.0170. The molecule has 2 saturated heterocycles. The number of rotatable bonds is 5. The van der Waals surface area contributed by atoms with Gasteiger partial charge < -0.3 is 0 Å². The maximum Gasteiger partial charge on any atom is 0.0153 e. The van der Waals surface area contributed by atoms with E-state index in [1.807, 2.05) is 0 Å². The Morgan fingerprint density at radius 2 is 1.36 bits per heavy atom. The maximum absolute atomic E-state index is 2.78. The number of nitrogens with zero attached hydrogens (tertiary/aromatic N) is 2. The van der Waals surface area contributed by atoms with Crippen LogP contribution in [-0.2, 0) is 0 Å². The first kappa shape index (κ1) is 21.2. The summed E-state index contributed by atoms with van der Waals surface area (Å²) in [6, 6.07) is 0. The molecule has 1 unspecified atom stereocenters. The summed E-state index contributed by atoms with van der Waals surface area (Å²) in [4.78, 5) is 5.42. The summed E-state index contributed by atoms with van der Waals surface area (Å²) in [5.41, 5.74) is 1.20. The predicted octanol–water partition coefficient (Wildman–Crippen LogP) is 5.67. The van der Waals surface area contributed by atoms with Gasteiger partial charge in [0.1, 0.15) is 0 Å². The molecule has 0 spiro atoms. The third kappa shape index (κ3) is 5.45. The molecular formula is C23H46N2. The highest BCUT2D eigenvalue weighted by Crippen LogP contribution is 2.38. The lowest BCUT2D eigenvalue weighted by Gasteiger charge is -2.50. The molecule has 2 rings (SSSR count). The SMILES string of the molecule is CC(CCC(C)(C)N1CCC(C(C)(C)C)CC1)C1CN(C(C)(C)C)C1. The van der Waals surface area contributed by atoms with E-state index in [9.17, 15) is 0 Å². The molecule has 25 heavy (non-hydrogen) atoms. The minimum Gasteiger partial charge on any atom is -0.298 e. The van der Waals surface area contributed by atoms with E-state index in [1.54, 1.807) is 0 Å². The molecule has 1 atom stereocenters. The largest absolute Gasteiger partial charge is 0.298 e. The fourth-order valence-corrected chi connectivity index (χ4v) is 4.75. The molecule has 2 heterocycles. The number of hydrogen-bond acceptors (Lipinski definition) is 2. The summed E-state index contributed by atoms with van der Waals surface area (Å²) in [7, 11) is 0. The van der Waals surface area contributed by atoms with Crippen LogP contribution in [0, 0.1) is 23.2 Å². The average molecular weight is 351 g/mol. The molecule has 0 aromatic heterocycles. The van der Waals surface area contributed by atoms with Gasteiger partial charge in [0.2, 0.25) is 0 Å². The Bertz CT molecular complexity index is 412. The Morgan fingerprint density at radius 1 is 0.840 bits per heavy atom. The van der Waals surface area contributed by atoms with Crippen LogP contribution in [0.3, 0.4) is 0 Å². The van der Waals surface area contributed by atoms with E-state index in [4.69, 9.17) is 0 Å². The van der Waals surface area contributed by atoms with Crippen LogP contribution in [0.2, 0.25) is 0 Å². The van der Waals surface area contributed by atoms with Gasteiger partial charge in [-0.1, -0.05) is 27.7 Å². The minimum atomic E-state index is 0.354. The second-order valence-corrected chi connectivity index (χ2v) is 11.8. The van der Waals surface area contributed by atoms with Gasteiger partial charge in [-0.25, -0.2) is 0 Å². The molecule has 0 aromatic carbocycles. The van der Waals surface area contributed by atoms with Gasteiger partial charge in [-0.15, -0.1) is 0 Å². The molecule has 2 heteroatoms. The molecule has 2 nitrogen and oxygen atoms in total. The third-order valence-electron chi connectivity index (χ3n) is 7.45. The average Bonchev–Trinajstić information content (AvgIpc) is 2.41. The second kappa shape index (κ2) is 7.50. The quantitative estimate of drug-likeness (QED) is 0.630. The van der Waals surface area contributed by atoms with E-state index < -0.39 is 0 Å². The molecule has 0 aromatic rings. The fraction of sp³-hybridized carbons (Fsp3) is 1.00. The van der Waals surface area contributed by atoms with E-state index in [0.717, 1.165) is 17.8 Å². The predicted molar refractivity (Wildman–Crippen MR) is 111 cm³/mol. The summed E-state index contributed by atoms with van der Waals surface area (Å²) in [5.74, 6) is 2.68. The Labute approximate surface area is 158 Å². The Kier molecular flexibility index (Phi) is 6.37. The molecule has 2 fully saturated rings. The third-order valence-corrected chi connectivity index (χ3v) is 7.45. The van der Waals surface area contributed by atoms with Crippen molar-refractivity contribution in [3.05, 3.63) is 0 Å². The van der Waals surface area contributed by atoms with Crippen LogP contribution in [0.15, 0.2) is 0 Å². The van der Waals surface area contributed by atoms with Crippen LogP contribution < -0.4 is 0 Å². The second-order valence-electron chi connectivity index (χ2n) is 11.8. The lowest BCUT2D eigenvalue weighted by atomic mass is 9.74. The van der Waals surface area contributed by atoms with Gasteiger partial charge in [0.05, 0.1) is 0 Å². The Morgan fingerprint density at radius 3 is 1.80 bits per heavy atom. The van der Waals surface area contributed by atoms with Crippen LogP contribution >= 0.6 is 0 Å². The van der Waals surface area contributed by atoms with Crippen molar-refractivity contribution in [2.24, 2.45) is 23.2 Å². The van der Waals surface area contributed by atoms with Crippen LogP contribution in [0.5, 0.6) is 0 Å². The van der Waals surface area contributed by atoms with Gasteiger partial charge in [-0.05, 0) is 96.6 Å². The highest BCUT2D eigenvalue weighted by atomic mass is 15.2. The summed E-state index contributed by atoms with van der Waals surface area (Å²) in [6.45, 7) is 27.0. The van der Waals surface area contributed by atoms with Crippen LogP contribution in [0.1, 0.15) is 88.0 Å². The Hall–Kier alpha value is -0.0800. The van der Waals surface area contributed by atoms with E-state index >= 15 is 0 Å². The highest BCUT2D eigenvalue weighted by molar-refractivity contribution is 4.93. The van der Waals surface area contributed by atoms with Gasteiger partial charge >= 0.3 is 0 Å². The van der Waals surface area contributed by atoms with Crippen molar-refractivity contribution in [2.45, 2.75) is 99.1 Å². The highest BCUT2D eigenvalue weighted by Gasteiger charge is 2.38. The molecule has 2 aliphatic rings. The zero-order chi connectivity index (χ0) is 19.0. The van der Waals surface area contributed by atoms with Crippen molar-refractivity contribution in [3.8, 4) is 0 Å². The molecule has 0 saturated carbocycles. The number of piperidine rings is 1. The summed E-state index contributed by atoms with van der Waals surface area (Å²) < 4.78 is 0. The van der Waals surface area contributed by atoms with Gasteiger partial charge in [0.25, 0.3) is 0 Å². The molecule has 0 radical (unpaired) electrons. The molecule has 0 amide bonds. The monoisotopic (exact) mass is 350 g/mol. The summed E-state index contributed by atoms with van der Waals surface area (Å²) >= 11 is 0. The first-order valence-electron chi connectivity index (χ1n) is 10.8. The van der Waals surface area contributed by atoms with Gasteiger partial charge in [-0.2, -0.15) is 0 Å². The summed E-state index contributed by atoms with van der Waals surface area (Å²) in [6.07, 6.45) is 5.49.